The zero-order valence-electron chi connectivity index (χ0n) is 11.1. The maximum absolute atomic E-state index is 6.22. The van der Waals surface area contributed by atoms with Crippen molar-refractivity contribution in [1.29, 1.82) is 0 Å². The van der Waals surface area contributed by atoms with Crippen LogP contribution in [0.1, 0.15) is 43.8 Å². The van der Waals surface area contributed by atoms with Crippen molar-refractivity contribution in [2.75, 3.05) is 14.2 Å². The highest BCUT2D eigenvalue weighted by Crippen LogP contribution is 2.33. The molecule has 0 amide bonds. The van der Waals surface area contributed by atoms with Crippen LogP contribution in [0.3, 0.4) is 0 Å². The van der Waals surface area contributed by atoms with Crippen molar-refractivity contribution in [2.24, 2.45) is 11.7 Å². The summed E-state index contributed by atoms with van der Waals surface area (Å²) in [5, 5.41) is 0. The normalized spacial score (nSPS) is 17.7. The van der Waals surface area contributed by atoms with Crippen molar-refractivity contribution in [3.63, 3.8) is 0 Å². The van der Waals surface area contributed by atoms with E-state index in [0.717, 1.165) is 12.1 Å². The summed E-state index contributed by atoms with van der Waals surface area (Å²) >= 11 is 0. The maximum Gasteiger partial charge on any atom is 0.240 e. The van der Waals surface area contributed by atoms with Crippen LogP contribution in [0.4, 0.5) is 0 Å². The molecule has 1 aliphatic carbocycles. The van der Waals surface area contributed by atoms with Gasteiger partial charge < -0.3 is 15.2 Å². The highest BCUT2D eigenvalue weighted by atomic mass is 16.5. The topological polar surface area (TPSA) is 70.3 Å². The lowest BCUT2D eigenvalue weighted by molar-refractivity contribution is 0.347. The van der Waals surface area contributed by atoms with E-state index in [-0.39, 0.29) is 6.04 Å². The predicted molar refractivity (Wildman–Crippen MR) is 68.6 cm³/mol. The van der Waals surface area contributed by atoms with Gasteiger partial charge in [0.25, 0.3) is 0 Å². The molecule has 1 aromatic heterocycles. The maximum atomic E-state index is 6.22. The Kier molecular flexibility index (Phi) is 4.36. The number of nitrogens with zero attached hydrogens (tertiary/aromatic N) is 2. The smallest absolute Gasteiger partial charge is 0.240 e. The molecule has 0 bridgehead atoms. The molecule has 1 unspecified atom stereocenters. The number of hydrogen-bond donors (Lipinski definition) is 1. The number of aromatic nitrogens is 2. The van der Waals surface area contributed by atoms with Gasteiger partial charge in [0.05, 0.1) is 26.5 Å². The molecule has 1 saturated carbocycles. The Labute approximate surface area is 108 Å². The summed E-state index contributed by atoms with van der Waals surface area (Å²) in [5.74, 6) is 1.64. The van der Waals surface area contributed by atoms with Gasteiger partial charge in [-0.25, -0.2) is 4.98 Å². The lowest BCUT2D eigenvalue weighted by Gasteiger charge is -2.17. The molecule has 0 aromatic carbocycles. The minimum atomic E-state index is -0.110. The fraction of sp³-hybridized carbons (Fsp3) is 0.692. The summed E-state index contributed by atoms with van der Waals surface area (Å²) in [5.41, 5.74) is 6.95. The number of methoxy groups -OCH3 is 2. The molecular formula is C13H21N3O2. The van der Waals surface area contributed by atoms with Gasteiger partial charge in [-0.2, -0.15) is 4.98 Å². The number of nitrogens with two attached hydrogens (primary N) is 1. The van der Waals surface area contributed by atoms with Crippen molar-refractivity contribution in [3.05, 3.63) is 11.9 Å². The number of hydrogen-bond acceptors (Lipinski definition) is 5. The third kappa shape index (κ3) is 2.90. The molecule has 1 heterocycles. The molecule has 1 aliphatic rings. The number of ether oxygens (including phenoxy) is 2. The molecule has 2 rings (SSSR count). The van der Waals surface area contributed by atoms with Gasteiger partial charge in [0.1, 0.15) is 5.69 Å². The van der Waals surface area contributed by atoms with Gasteiger partial charge in [0.2, 0.25) is 11.8 Å². The van der Waals surface area contributed by atoms with Crippen LogP contribution in [0, 0.1) is 5.92 Å². The fourth-order valence-corrected chi connectivity index (χ4v) is 2.59. The van der Waals surface area contributed by atoms with Gasteiger partial charge in [-0.1, -0.05) is 25.7 Å². The van der Waals surface area contributed by atoms with E-state index in [2.05, 4.69) is 9.97 Å². The molecule has 0 saturated heterocycles. The van der Waals surface area contributed by atoms with E-state index in [1.807, 2.05) is 0 Å². The first-order valence-electron chi connectivity index (χ1n) is 6.45. The molecule has 1 aromatic rings. The lowest BCUT2D eigenvalue weighted by Crippen LogP contribution is -2.17. The van der Waals surface area contributed by atoms with Crippen LogP contribution in [0.15, 0.2) is 6.20 Å². The second kappa shape index (κ2) is 6.00. The van der Waals surface area contributed by atoms with Gasteiger partial charge in [-0.15, -0.1) is 0 Å². The van der Waals surface area contributed by atoms with Gasteiger partial charge in [-0.05, 0) is 12.3 Å². The fourth-order valence-electron chi connectivity index (χ4n) is 2.59. The van der Waals surface area contributed by atoms with E-state index in [4.69, 9.17) is 15.2 Å². The first kappa shape index (κ1) is 13.1. The molecule has 0 radical (unpaired) electrons. The molecule has 100 valence electrons. The molecule has 1 atom stereocenters. The standard InChI is InChI=1S/C13H21N3O2/c1-17-11-8-15-12(13(16-11)18-2)10(14)7-9-5-3-4-6-9/h8-10H,3-7,14H2,1-2H3. The minimum absolute atomic E-state index is 0.110. The minimum Gasteiger partial charge on any atom is -0.480 e. The molecule has 5 nitrogen and oxygen atoms in total. The second-order valence-electron chi connectivity index (χ2n) is 4.80. The second-order valence-corrected chi connectivity index (χ2v) is 4.80. The Hall–Kier alpha value is -1.36. The SMILES string of the molecule is COc1cnc(C(N)CC2CCCC2)c(OC)n1. The summed E-state index contributed by atoms with van der Waals surface area (Å²) in [7, 11) is 3.14. The number of rotatable bonds is 5. The Bertz CT molecular complexity index is 392. The monoisotopic (exact) mass is 251 g/mol. The molecular weight excluding hydrogens is 230 g/mol. The Morgan fingerprint density at radius 3 is 2.67 bits per heavy atom. The lowest BCUT2D eigenvalue weighted by atomic mass is 9.97. The van der Waals surface area contributed by atoms with Crippen LogP contribution in [0.5, 0.6) is 11.8 Å². The van der Waals surface area contributed by atoms with Gasteiger partial charge in [0, 0.05) is 0 Å². The van der Waals surface area contributed by atoms with Crippen LogP contribution in [0.2, 0.25) is 0 Å². The van der Waals surface area contributed by atoms with Crippen LogP contribution < -0.4 is 15.2 Å². The zero-order chi connectivity index (χ0) is 13.0. The largest absolute Gasteiger partial charge is 0.480 e. The van der Waals surface area contributed by atoms with Crippen molar-refractivity contribution < 1.29 is 9.47 Å². The van der Waals surface area contributed by atoms with E-state index in [1.165, 1.54) is 25.7 Å². The Morgan fingerprint density at radius 1 is 1.33 bits per heavy atom. The quantitative estimate of drug-likeness (QED) is 0.867. The van der Waals surface area contributed by atoms with E-state index in [1.54, 1.807) is 20.4 Å². The average molecular weight is 251 g/mol. The summed E-state index contributed by atoms with van der Waals surface area (Å²) in [6, 6.07) is -0.110. The zero-order valence-corrected chi connectivity index (χ0v) is 11.1. The molecule has 2 N–H and O–H groups in total. The van der Waals surface area contributed by atoms with Crippen LogP contribution in [-0.2, 0) is 0 Å². The van der Waals surface area contributed by atoms with E-state index in [0.29, 0.717) is 17.7 Å². The highest BCUT2D eigenvalue weighted by molar-refractivity contribution is 5.25. The van der Waals surface area contributed by atoms with Crippen molar-refractivity contribution in [1.82, 2.24) is 9.97 Å². The molecule has 0 spiro atoms. The first-order chi connectivity index (χ1) is 8.74. The van der Waals surface area contributed by atoms with Gasteiger partial charge in [0.15, 0.2) is 0 Å². The first-order valence-corrected chi connectivity index (χ1v) is 6.45. The summed E-state index contributed by atoms with van der Waals surface area (Å²) < 4.78 is 10.3. The highest BCUT2D eigenvalue weighted by Gasteiger charge is 2.22. The Balaban J connectivity index is 2.10. The van der Waals surface area contributed by atoms with Crippen molar-refractivity contribution >= 4 is 0 Å². The Morgan fingerprint density at radius 2 is 2.06 bits per heavy atom. The van der Waals surface area contributed by atoms with E-state index >= 15 is 0 Å². The predicted octanol–water partition coefficient (Wildman–Crippen LogP) is 2.07. The van der Waals surface area contributed by atoms with Gasteiger partial charge >= 0.3 is 0 Å². The molecule has 5 heteroatoms. The van der Waals surface area contributed by atoms with E-state index in [9.17, 15) is 0 Å². The molecule has 18 heavy (non-hydrogen) atoms. The third-order valence-corrected chi connectivity index (χ3v) is 3.56. The van der Waals surface area contributed by atoms with Crippen LogP contribution in [0.25, 0.3) is 0 Å². The van der Waals surface area contributed by atoms with Crippen molar-refractivity contribution in [2.45, 2.75) is 38.1 Å². The van der Waals surface area contributed by atoms with Gasteiger partial charge in [-0.3, -0.25) is 0 Å². The van der Waals surface area contributed by atoms with Crippen molar-refractivity contribution in [3.8, 4) is 11.8 Å². The van der Waals surface area contributed by atoms with E-state index < -0.39 is 0 Å². The molecule has 1 fully saturated rings. The average Bonchev–Trinajstić information content (AvgIpc) is 2.90. The summed E-state index contributed by atoms with van der Waals surface area (Å²) in [6.45, 7) is 0. The summed E-state index contributed by atoms with van der Waals surface area (Å²) in [6.07, 6.45) is 7.74. The molecule has 0 aliphatic heterocycles. The summed E-state index contributed by atoms with van der Waals surface area (Å²) in [4.78, 5) is 8.54. The van der Waals surface area contributed by atoms with Crippen LogP contribution in [-0.4, -0.2) is 24.2 Å². The van der Waals surface area contributed by atoms with Crippen LogP contribution >= 0.6 is 0 Å². The third-order valence-electron chi connectivity index (χ3n) is 3.56.